The van der Waals surface area contributed by atoms with E-state index in [4.69, 9.17) is 16.2 Å². The standard InChI is InChI=1S/C12H17F3N4O/c1-7(2)19(5-6-20)11-8(10(16)17)3-4-9(18-11)12(13,14)15/h3-4,7,20H,5-6H2,1-2H3,(H3,16,17). The molecule has 1 rings (SSSR count). The zero-order valence-corrected chi connectivity index (χ0v) is 11.2. The van der Waals surface area contributed by atoms with Gasteiger partial charge >= 0.3 is 6.18 Å². The van der Waals surface area contributed by atoms with E-state index in [-0.39, 0.29) is 36.4 Å². The summed E-state index contributed by atoms with van der Waals surface area (Å²) in [6.45, 7) is 3.36. The summed E-state index contributed by atoms with van der Waals surface area (Å²) in [6, 6.07) is 1.72. The summed E-state index contributed by atoms with van der Waals surface area (Å²) in [5.41, 5.74) is 4.44. The quantitative estimate of drug-likeness (QED) is 0.568. The van der Waals surface area contributed by atoms with Crippen molar-refractivity contribution in [2.75, 3.05) is 18.1 Å². The van der Waals surface area contributed by atoms with Gasteiger partial charge in [-0.3, -0.25) is 5.41 Å². The molecule has 8 heteroatoms. The van der Waals surface area contributed by atoms with Gasteiger partial charge in [-0.25, -0.2) is 4.98 Å². The zero-order chi connectivity index (χ0) is 15.5. The molecule has 0 saturated carbocycles. The van der Waals surface area contributed by atoms with Crippen LogP contribution >= 0.6 is 0 Å². The summed E-state index contributed by atoms with van der Waals surface area (Å²) in [5.74, 6) is -0.416. The number of aliphatic hydroxyl groups is 1. The van der Waals surface area contributed by atoms with E-state index in [1.807, 2.05) is 0 Å². The second-order valence-corrected chi connectivity index (χ2v) is 4.49. The van der Waals surface area contributed by atoms with E-state index >= 15 is 0 Å². The number of hydrogen-bond donors (Lipinski definition) is 3. The zero-order valence-electron chi connectivity index (χ0n) is 11.2. The fourth-order valence-electron chi connectivity index (χ4n) is 1.75. The minimum absolute atomic E-state index is 0.0450. The maximum atomic E-state index is 12.7. The number of nitrogens with zero attached hydrogens (tertiary/aromatic N) is 2. The molecule has 0 aromatic carbocycles. The fraction of sp³-hybridized carbons (Fsp3) is 0.500. The molecule has 0 aliphatic rings. The average molecular weight is 290 g/mol. The molecule has 0 fully saturated rings. The Labute approximate surface area is 114 Å². The molecule has 5 nitrogen and oxygen atoms in total. The van der Waals surface area contributed by atoms with Crippen molar-refractivity contribution in [3.05, 3.63) is 23.4 Å². The van der Waals surface area contributed by atoms with Crippen LogP contribution in [0.15, 0.2) is 12.1 Å². The van der Waals surface area contributed by atoms with Crippen LogP contribution in [-0.2, 0) is 6.18 Å². The average Bonchev–Trinajstić information content (AvgIpc) is 2.33. The van der Waals surface area contributed by atoms with Crippen LogP contribution < -0.4 is 10.6 Å². The lowest BCUT2D eigenvalue weighted by Crippen LogP contribution is -2.36. The van der Waals surface area contributed by atoms with Gasteiger partial charge in [-0.1, -0.05) is 0 Å². The van der Waals surface area contributed by atoms with Crippen molar-refractivity contribution in [3.63, 3.8) is 0 Å². The van der Waals surface area contributed by atoms with Crippen LogP contribution in [0.25, 0.3) is 0 Å². The number of rotatable bonds is 5. The van der Waals surface area contributed by atoms with E-state index in [1.165, 1.54) is 4.90 Å². The molecule has 1 aromatic heterocycles. The highest BCUT2D eigenvalue weighted by Gasteiger charge is 2.34. The van der Waals surface area contributed by atoms with Gasteiger partial charge in [0.2, 0.25) is 0 Å². The van der Waals surface area contributed by atoms with Gasteiger partial charge in [0.25, 0.3) is 0 Å². The summed E-state index contributed by atoms with van der Waals surface area (Å²) < 4.78 is 38.2. The number of hydrogen-bond acceptors (Lipinski definition) is 4. The Hall–Kier alpha value is -1.83. The summed E-state index contributed by atoms with van der Waals surface area (Å²) in [7, 11) is 0. The Morgan fingerprint density at radius 2 is 2.05 bits per heavy atom. The molecule has 112 valence electrons. The molecule has 1 heterocycles. The van der Waals surface area contributed by atoms with Gasteiger partial charge in [-0.05, 0) is 26.0 Å². The highest BCUT2D eigenvalue weighted by Crippen LogP contribution is 2.31. The van der Waals surface area contributed by atoms with E-state index < -0.39 is 11.9 Å². The van der Waals surface area contributed by atoms with Crippen LogP contribution in [0.1, 0.15) is 25.1 Å². The van der Waals surface area contributed by atoms with Crippen molar-refractivity contribution in [1.29, 1.82) is 5.41 Å². The molecule has 0 aliphatic carbocycles. The third kappa shape index (κ3) is 3.60. The van der Waals surface area contributed by atoms with Crippen molar-refractivity contribution in [2.24, 2.45) is 5.73 Å². The van der Waals surface area contributed by atoms with Crippen LogP contribution in [0, 0.1) is 5.41 Å². The van der Waals surface area contributed by atoms with Crippen molar-refractivity contribution in [3.8, 4) is 0 Å². The molecule has 0 atom stereocenters. The third-order valence-corrected chi connectivity index (χ3v) is 2.69. The van der Waals surface area contributed by atoms with E-state index in [1.54, 1.807) is 13.8 Å². The number of aromatic nitrogens is 1. The molecule has 20 heavy (non-hydrogen) atoms. The second kappa shape index (κ2) is 6.08. The summed E-state index contributed by atoms with van der Waals surface area (Å²) in [5, 5.41) is 16.5. The lowest BCUT2D eigenvalue weighted by molar-refractivity contribution is -0.141. The molecule has 0 aliphatic heterocycles. The van der Waals surface area contributed by atoms with E-state index in [9.17, 15) is 13.2 Å². The number of pyridine rings is 1. The van der Waals surface area contributed by atoms with Gasteiger partial charge in [0.15, 0.2) is 0 Å². The molecule has 0 amide bonds. The highest BCUT2D eigenvalue weighted by molar-refractivity contribution is 5.99. The predicted octanol–water partition coefficient (Wildman–Crippen LogP) is 1.59. The van der Waals surface area contributed by atoms with Crippen LogP contribution in [0.5, 0.6) is 0 Å². The molecule has 0 saturated heterocycles. The number of nitrogen functional groups attached to an aromatic ring is 1. The topological polar surface area (TPSA) is 86.2 Å². The number of nitrogens with two attached hydrogens (primary N) is 1. The minimum atomic E-state index is -4.58. The van der Waals surface area contributed by atoms with Crippen LogP contribution in [0.2, 0.25) is 0 Å². The Morgan fingerprint density at radius 1 is 1.45 bits per heavy atom. The van der Waals surface area contributed by atoms with Gasteiger partial charge in [-0.2, -0.15) is 13.2 Å². The molecule has 1 aromatic rings. The number of anilines is 1. The lowest BCUT2D eigenvalue weighted by atomic mass is 10.1. The second-order valence-electron chi connectivity index (χ2n) is 4.49. The van der Waals surface area contributed by atoms with Crippen molar-refractivity contribution in [2.45, 2.75) is 26.1 Å². The molecule has 0 unspecified atom stereocenters. The summed E-state index contributed by atoms with van der Waals surface area (Å²) >= 11 is 0. The smallest absolute Gasteiger partial charge is 0.395 e. The molecule has 4 N–H and O–H groups in total. The number of nitrogens with one attached hydrogen (secondary N) is 1. The summed E-state index contributed by atoms with van der Waals surface area (Å²) in [6.07, 6.45) is -4.58. The first kappa shape index (κ1) is 16.2. The molecular weight excluding hydrogens is 273 g/mol. The maximum absolute atomic E-state index is 12.7. The number of amidine groups is 1. The summed E-state index contributed by atoms with van der Waals surface area (Å²) in [4.78, 5) is 5.05. The van der Waals surface area contributed by atoms with Crippen LogP contribution in [0.4, 0.5) is 19.0 Å². The van der Waals surface area contributed by atoms with Crippen LogP contribution in [0.3, 0.4) is 0 Å². The van der Waals surface area contributed by atoms with Gasteiger partial charge in [0.05, 0.1) is 12.2 Å². The predicted molar refractivity (Wildman–Crippen MR) is 69.8 cm³/mol. The van der Waals surface area contributed by atoms with E-state index in [0.29, 0.717) is 0 Å². The Bertz CT molecular complexity index is 488. The SMILES string of the molecule is CC(C)N(CCO)c1nc(C(F)(F)F)ccc1C(=N)N. The normalized spacial score (nSPS) is 11.8. The first-order valence-corrected chi connectivity index (χ1v) is 5.98. The Kier molecular flexibility index (Phi) is 4.93. The van der Waals surface area contributed by atoms with E-state index in [0.717, 1.165) is 12.1 Å². The Morgan fingerprint density at radius 3 is 2.45 bits per heavy atom. The molecular formula is C12H17F3N4O. The first-order chi connectivity index (χ1) is 9.18. The van der Waals surface area contributed by atoms with Gasteiger partial charge in [0, 0.05) is 12.6 Å². The number of alkyl halides is 3. The first-order valence-electron chi connectivity index (χ1n) is 5.98. The molecule has 0 spiro atoms. The van der Waals surface area contributed by atoms with E-state index in [2.05, 4.69) is 4.98 Å². The number of aliphatic hydroxyl groups excluding tert-OH is 1. The van der Waals surface area contributed by atoms with Gasteiger partial charge in [0.1, 0.15) is 17.3 Å². The highest BCUT2D eigenvalue weighted by atomic mass is 19.4. The van der Waals surface area contributed by atoms with Gasteiger partial charge in [-0.15, -0.1) is 0 Å². The number of halogens is 3. The van der Waals surface area contributed by atoms with Gasteiger partial charge < -0.3 is 15.7 Å². The molecule has 0 bridgehead atoms. The van der Waals surface area contributed by atoms with Crippen molar-refractivity contribution >= 4 is 11.7 Å². The monoisotopic (exact) mass is 290 g/mol. The maximum Gasteiger partial charge on any atom is 0.433 e. The molecule has 0 radical (unpaired) electrons. The lowest BCUT2D eigenvalue weighted by Gasteiger charge is -2.29. The third-order valence-electron chi connectivity index (χ3n) is 2.69. The minimum Gasteiger partial charge on any atom is -0.395 e. The van der Waals surface area contributed by atoms with Crippen molar-refractivity contribution in [1.82, 2.24) is 4.98 Å². The van der Waals surface area contributed by atoms with Crippen molar-refractivity contribution < 1.29 is 18.3 Å². The fourth-order valence-corrected chi connectivity index (χ4v) is 1.75. The largest absolute Gasteiger partial charge is 0.433 e. The van der Waals surface area contributed by atoms with Crippen LogP contribution in [-0.4, -0.2) is 35.1 Å². The Balaban J connectivity index is 3.41.